The molecule has 1 atom stereocenters. The molecule has 1 aromatic rings. The smallest absolute Gasteiger partial charge is 0.388 e. The maximum atomic E-state index is 12.2. The summed E-state index contributed by atoms with van der Waals surface area (Å²) in [6.45, 7) is 0.935. The number of nitrogens with zero attached hydrogens (tertiary/aromatic N) is 1. The Morgan fingerprint density at radius 3 is 2.43 bits per heavy atom. The van der Waals surface area contributed by atoms with Crippen molar-refractivity contribution >= 4 is 21.8 Å². The Bertz CT molecular complexity index is 531. The minimum absolute atomic E-state index is 0.0871. The average Bonchev–Trinajstić information content (AvgIpc) is 2.32. The second-order valence-electron chi connectivity index (χ2n) is 5.06. The lowest BCUT2D eigenvalue weighted by Crippen LogP contribution is -2.64. The first kappa shape index (κ1) is 17.9. The van der Waals surface area contributed by atoms with Gasteiger partial charge in [0.25, 0.3) is 0 Å². The number of pyridine rings is 1. The summed E-state index contributed by atoms with van der Waals surface area (Å²) in [4.78, 5) is 15.9. The van der Waals surface area contributed by atoms with E-state index in [9.17, 15) is 23.1 Å². The molecule has 0 aliphatic rings. The Labute approximate surface area is 127 Å². The second-order valence-corrected chi connectivity index (χ2v) is 5.97. The molecule has 1 heterocycles. The largest absolute Gasteiger partial charge is 0.405 e. The van der Waals surface area contributed by atoms with Crippen molar-refractivity contribution in [3.05, 3.63) is 28.5 Å². The van der Waals surface area contributed by atoms with E-state index in [1.807, 2.05) is 0 Å². The Kier molecular flexibility index (Phi) is 5.01. The molecule has 1 amide bonds. The number of aromatic nitrogens is 1. The number of hydrogen-bond acceptors (Lipinski definition) is 4. The molecule has 0 spiro atoms. The molecule has 0 saturated carbocycles. The van der Waals surface area contributed by atoms with E-state index in [4.69, 9.17) is 5.73 Å². The summed E-state index contributed by atoms with van der Waals surface area (Å²) in [5.74, 6) is -1.15. The van der Waals surface area contributed by atoms with E-state index in [1.54, 1.807) is 5.32 Å². The van der Waals surface area contributed by atoms with Crippen molar-refractivity contribution in [3.8, 4) is 0 Å². The Morgan fingerprint density at radius 1 is 1.43 bits per heavy atom. The molecule has 0 saturated heterocycles. The van der Waals surface area contributed by atoms with Gasteiger partial charge in [-0.05, 0) is 35.8 Å². The molecule has 0 aliphatic carbocycles. The molecule has 0 unspecified atom stereocenters. The molecule has 0 fully saturated rings. The molecular formula is C12H15BrF3N3O2. The monoisotopic (exact) mass is 369 g/mol. The average molecular weight is 370 g/mol. The summed E-state index contributed by atoms with van der Waals surface area (Å²) >= 11 is 3.13. The maximum Gasteiger partial charge on any atom is 0.405 e. The van der Waals surface area contributed by atoms with E-state index >= 15 is 0 Å². The van der Waals surface area contributed by atoms with Gasteiger partial charge < -0.3 is 16.2 Å². The first-order valence-corrected chi connectivity index (χ1v) is 6.64. The SMILES string of the molecule is CC(C)(O)[C@@](N)(C(=O)NCC(F)(F)F)c1cncc(Br)c1. The summed E-state index contributed by atoms with van der Waals surface area (Å²) in [6, 6.07) is 1.41. The summed E-state index contributed by atoms with van der Waals surface area (Å²) in [5, 5.41) is 11.9. The summed E-state index contributed by atoms with van der Waals surface area (Å²) < 4.78 is 37.2. The van der Waals surface area contributed by atoms with Gasteiger partial charge in [-0.3, -0.25) is 9.78 Å². The highest BCUT2D eigenvalue weighted by Gasteiger charge is 2.49. The van der Waals surface area contributed by atoms with Crippen molar-refractivity contribution in [1.29, 1.82) is 0 Å². The van der Waals surface area contributed by atoms with Crippen LogP contribution in [0.1, 0.15) is 19.4 Å². The van der Waals surface area contributed by atoms with Gasteiger partial charge in [-0.25, -0.2) is 0 Å². The quantitative estimate of drug-likeness (QED) is 0.749. The Balaban J connectivity index is 3.20. The first-order chi connectivity index (χ1) is 9.38. The molecule has 21 heavy (non-hydrogen) atoms. The van der Waals surface area contributed by atoms with E-state index in [2.05, 4.69) is 20.9 Å². The van der Waals surface area contributed by atoms with Gasteiger partial charge in [0, 0.05) is 22.4 Å². The van der Waals surface area contributed by atoms with E-state index in [1.165, 1.54) is 32.3 Å². The molecule has 4 N–H and O–H groups in total. The number of hydrogen-bond donors (Lipinski definition) is 3. The van der Waals surface area contributed by atoms with Crippen molar-refractivity contribution in [1.82, 2.24) is 10.3 Å². The molecule has 1 rings (SSSR count). The number of carbonyl (C=O) groups is 1. The van der Waals surface area contributed by atoms with Gasteiger partial charge in [0.1, 0.15) is 6.54 Å². The Morgan fingerprint density at radius 2 is 2.00 bits per heavy atom. The minimum Gasteiger partial charge on any atom is -0.388 e. The number of nitrogens with one attached hydrogen (secondary N) is 1. The fourth-order valence-electron chi connectivity index (χ4n) is 1.71. The lowest BCUT2D eigenvalue weighted by molar-refractivity contribution is -0.148. The van der Waals surface area contributed by atoms with Crippen LogP contribution in [0.2, 0.25) is 0 Å². The number of carbonyl (C=O) groups excluding carboxylic acids is 1. The van der Waals surface area contributed by atoms with Crippen LogP contribution >= 0.6 is 15.9 Å². The van der Waals surface area contributed by atoms with Crippen molar-refractivity contribution < 1.29 is 23.1 Å². The maximum absolute atomic E-state index is 12.2. The van der Waals surface area contributed by atoms with Gasteiger partial charge in [0.2, 0.25) is 5.91 Å². The van der Waals surface area contributed by atoms with Crippen LogP contribution in [0.4, 0.5) is 13.2 Å². The first-order valence-electron chi connectivity index (χ1n) is 5.85. The number of amides is 1. The fourth-order valence-corrected chi connectivity index (χ4v) is 2.07. The van der Waals surface area contributed by atoms with Crippen molar-refractivity contribution in [3.63, 3.8) is 0 Å². The molecule has 0 radical (unpaired) electrons. The number of rotatable bonds is 4. The van der Waals surface area contributed by atoms with E-state index in [0.717, 1.165) is 0 Å². The minimum atomic E-state index is -4.58. The van der Waals surface area contributed by atoms with Gasteiger partial charge in [0.05, 0.1) is 5.60 Å². The lowest BCUT2D eigenvalue weighted by atomic mass is 9.77. The van der Waals surface area contributed by atoms with Gasteiger partial charge in [-0.1, -0.05) is 0 Å². The molecule has 0 aliphatic heterocycles. The van der Waals surface area contributed by atoms with E-state index < -0.39 is 29.8 Å². The zero-order valence-corrected chi connectivity index (χ0v) is 12.9. The second kappa shape index (κ2) is 5.90. The molecule has 9 heteroatoms. The van der Waals surface area contributed by atoms with Crippen LogP contribution in [0.5, 0.6) is 0 Å². The van der Waals surface area contributed by atoms with Crippen LogP contribution in [-0.4, -0.2) is 34.3 Å². The predicted octanol–water partition coefficient (Wildman–Crippen LogP) is 1.45. The van der Waals surface area contributed by atoms with Crippen molar-refractivity contribution in [2.45, 2.75) is 31.2 Å². The van der Waals surface area contributed by atoms with Gasteiger partial charge in [0.15, 0.2) is 5.54 Å². The third-order valence-corrected chi connectivity index (χ3v) is 3.37. The topological polar surface area (TPSA) is 88.2 Å². The van der Waals surface area contributed by atoms with Gasteiger partial charge in [-0.15, -0.1) is 0 Å². The van der Waals surface area contributed by atoms with Crippen LogP contribution in [0.3, 0.4) is 0 Å². The van der Waals surface area contributed by atoms with Crippen LogP contribution < -0.4 is 11.1 Å². The summed E-state index contributed by atoms with van der Waals surface area (Å²) in [7, 11) is 0. The molecule has 118 valence electrons. The van der Waals surface area contributed by atoms with Crippen LogP contribution in [0.15, 0.2) is 22.9 Å². The van der Waals surface area contributed by atoms with Gasteiger partial charge in [-0.2, -0.15) is 13.2 Å². The normalized spacial score (nSPS) is 15.4. The molecule has 5 nitrogen and oxygen atoms in total. The van der Waals surface area contributed by atoms with Crippen LogP contribution in [-0.2, 0) is 10.3 Å². The summed E-state index contributed by atoms with van der Waals surface area (Å²) in [5.41, 5.74) is 2.13. The number of halogens is 4. The zero-order chi connectivity index (χ0) is 16.5. The fraction of sp³-hybridized carbons (Fsp3) is 0.500. The summed E-state index contributed by atoms with van der Waals surface area (Å²) in [6.07, 6.45) is -1.94. The number of aliphatic hydroxyl groups is 1. The van der Waals surface area contributed by atoms with Crippen molar-refractivity contribution in [2.24, 2.45) is 5.73 Å². The lowest BCUT2D eigenvalue weighted by Gasteiger charge is -2.38. The van der Waals surface area contributed by atoms with Gasteiger partial charge >= 0.3 is 6.18 Å². The predicted molar refractivity (Wildman–Crippen MR) is 73.2 cm³/mol. The van der Waals surface area contributed by atoms with E-state index in [0.29, 0.717) is 4.47 Å². The highest BCUT2D eigenvalue weighted by atomic mass is 79.9. The Hall–Kier alpha value is -1.19. The number of alkyl halides is 3. The molecule has 0 bridgehead atoms. The third-order valence-electron chi connectivity index (χ3n) is 2.93. The molecule has 0 aromatic carbocycles. The highest BCUT2D eigenvalue weighted by Crippen LogP contribution is 2.32. The molecular weight excluding hydrogens is 355 g/mol. The van der Waals surface area contributed by atoms with E-state index in [-0.39, 0.29) is 5.56 Å². The van der Waals surface area contributed by atoms with Crippen LogP contribution in [0.25, 0.3) is 0 Å². The molecule has 1 aromatic heterocycles. The number of nitrogens with two attached hydrogens (primary N) is 1. The standard InChI is InChI=1S/C12H15BrF3N3O2/c1-10(2,21)12(17,7-3-8(13)5-18-4-7)9(20)19-6-11(14,15)16/h3-5,21H,6,17H2,1-2H3,(H,19,20)/t12-/m0/s1. The third kappa shape index (κ3) is 4.14. The van der Waals surface area contributed by atoms with Crippen molar-refractivity contribution in [2.75, 3.05) is 6.54 Å². The van der Waals surface area contributed by atoms with Crippen LogP contribution in [0, 0.1) is 0 Å². The zero-order valence-electron chi connectivity index (χ0n) is 11.3. The highest BCUT2D eigenvalue weighted by molar-refractivity contribution is 9.10.